The molecule has 1 unspecified atom stereocenters. The normalized spacial score (nSPS) is 11.8. The van der Waals surface area contributed by atoms with Crippen LogP contribution in [0.2, 0.25) is 0 Å². The zero-order valence-electron chi connectivity index (χ0n) is 19.7. The lowest BCUT2D eigenvalue weighted by Crippen LogP contribution is -2.44. The Bertz CT molecular complexity index is 1220. The van der Waals surface area contributed by atoms with E-state index in [1.54, 1.807) is 10.6 Å². The van der Waals surface area contributed by atoms with Crippen molar-refractivity contribution in [3.63, 3.8) is 0 Å². The lowest BCUT2D eigenvalue weighted by atomic mass is 10.1. The van der Waals surface area contributed by atoms with Crippen LogP contribution in [0.25, 0.3) is 21.3 Å². The molecule has 2 N–H and O–H groups in total. The number of unbranched alkanes of at least 4 members (excludes halogenated alkanes) is 1. The average molecular weight is 531 g/mol. The maximum Gasteiger partial charge on any atom is 0.263 e. The Morgan fingerprint density at radius 2 is 2.06 bits per heavy atom. The Hall–Kier alpha value is -2.56. The van der Waals surface area contributed by atoms with Gasteiger partial charge in [-0.3, -0.25) is 19.0 Å². The Balaban J connectivity index is 1.78. The van der Waals surface area contributed by atoms with Crippen molar-refractivity contribution in [3.8, 4) is 11.1 Å². The summed E-state index contributed by atoms with van der Waals surface area (Å²) in [6.45, 7) is 6.51. The first-order chi connectivity index (χ1) is 17.0. The third-order valence-corrected chi connectivity index (χ3v) is 7.48. The number of benzene rings is 1. The van der Waals surface area contributed by atoms with E-state index in [1.807, 2.05) is 35.7 Å². The number of thioether (sulfide) groups is 1. The zero-order valence-corrected chi connectivity index (χ0v) is 22.2. The van der Waals surface area contributed by atoms with Crippen LogP contribution in [0.3, 0.4) is 0 Å². The number of nitrogens with one attached hydrogen (secondary N) is 2. The number of fused-ring (bicyclic) bond motifs is 1. The second-order valence-corrected chi connectivity index (χ2v) is 10.1. The Labute approximate surface area is 218 Å². The van der Waals surface area contributed by atoms with E-state index in [-0.39, 0.29) is 34.9 Å². The van der Waals surface area contributed by atoms with Crippen LogP contribution in [0.5, 0.6) is 0 Å². The van der Waals surface area contributed by atoms with Crippen LogP contribution in [0.4, 0.5) is 0 Å². The second-order valence-electron chi connectivity index (χ2n) is 7.95. The summed E-state index contributed by atoms with van der Waals surface area (Å²) in [5.41, 5.74) is 1.68. The van der Waals surface area contributed by atoms with Crippen LogP contribution in [0.1, 0.15) is 26.2 Å². The summed E-state index contributed by atoms with van der Waals surface area (Å²) in [5.74, 6) is -0.134. The van der Waals surface area contributed by atoms with Gasteiger partial charge < -0.3 is 10.6 Å². The Kier molecular flexibility index (Phi) is 10.4. The molecule has 3 rings (SSSR count). The Morgan fingerprint density at radius 1 is 1.29 bits per heavy atom. The van der Waals surface area contributed by atoms with Crippen LogP contribution < -0.4 is 16.2 Å². The van der Waals surface area contributed by atoms with Crippen molar-refractivity contribution in [1.29, 1.82) is 0 Å². The minimum Gasteiger partial charge on any atom is -0.353 e. The molecule has 0 bridgehead atoms. The molecule has 35 heavy (non-hydrogen) atoms. The Morgan fingerprint density at radius 3 is 2.74 bits per heavy atom. The summed E-state index contributed by atoms with van der Waals surface area (Å²) in [6.07, 6.45) is 4.35. The molecular formula is C25H30N4O3S3. The summed E-state index contributed by atoms with van der Waals surface area (Å²) in [6, 6.07) is 9.60. The van der Waals surface area contributed by atoms with Gasteiger partial charge in [-0.15, -0.1) is 17.9 Å². The van der Waals surface area contributed by atoms with Gasteiger partial charge in [-0.1, -0.05) is 67.9 Å². The topological polar surface area (TPSA) is 93.1 Å². The van der Waals surface area contributed by atoms with Gasteiger partial charge in [0.2, 0.25) is 11.8 Å². The molecule has 2 aromatic heterocycles. The first kappa shape index (κ1) is 27.0. The van der Waals surface area contributed by atoms with Crippen LogP contribution in [0, 0.1) is 0 Å². The molecule has 0 saturated carbocycles. The van der Waals surface area contributed by atoms with Gasteiger partial charge in [0.1, 0.15) is 4.83 Å². The summed E-state index contributed by atoms with van der Waals surface area (Å²) in [5, 5.41) is 8.79. The highest BCUT2D eigenvalue weighted by Gasteiger charge is 2.19. The number of thiophene rings is 1. The van der Waals surface area contributed by atoms with E-state index >= 15 is 0 Å². The predicted octanol–water partition coefficient (Wildman–Crippen LogP) is 4.12. The lowest BCUT2D eigenvalue weighted by Gasteiger charge is -2.19. The minimum atomic E-state index is -0.174. The first-order valence-electron chi connectivity index (χ1n) is 11.5. The van der Waals surface area contributed by atoms with Gasteiger partial charge in [0.15, 0.2) is 5.16 Å². The largest absolute Gasteiger partial charge is 0.353 e. The van der Waals surface area contributed by atoms with Crippen LogP contribution in [0.15, 0.2) is 58.3 Å². The summed E-state index contributed by atoms with van der Waals surface area (Å²) >= 11 is 6.61. The van der Waals surface area contributed by atoms with Crippen molar-refractivity contribution in [3.05, 3.63) is 58.7 Å². The monoisotopic (exact) mass is 530 g/mol. The zero-order chi connectivity index (χ0) is 25.2. The van der Waals surface area contributed by atoms with E-state index in [0.29, 0.717) is 28.5 Å². The van der Waals surface area contributed by atoms with Gasteiger partial charge in [0.05, 0.1) is 16.9 Å². The summed E-state index contributed by atoms with van der Waals surface area (Å²) < 4.78 is 1.56. The van der Waals surface area contributed by atoms with E-state index in [0.717, 1.165) is 30.4 Å². The molecule has 10 heteroatoms. The maximum absolute atomic E-state index is 13.4. The molecule has 0 fully saturated rings. The molecule has 186 valence electrons. The van der Waals surface area contributed by atoms with Gasteiger partial charge in [-0.2, -0.15) is 12.6 Å². The van der Waals surface area contributed by atoms with Crippen molar-refractivity contribution < 1.29 is 9.59 Å². The highest BCUT2D eigenvalue weighted by atomic mass is 32.2. The predicted molar refractivity (Wildman–Crippen MR) is 149 cm³/mol. The quantitative estimate of drug-likeness (QED) is 0.134. The number of rotatable bonds is 13. The van der Waals surface area contributed by atoms with Crippen molar-refractivity contribution in [2.75, 3.05) is 18.1 Å². The van der Waals surface area contributed by atoms with E-state index in [9.17, 15) is 14.4 Å². The molecule has 0 spiro atoms. The van der Waals surface area contributed by atoms with Crippen molar-refractivity contribution in [2.24, 2.45) is 0 Å². The van der Waals surface area contributed by atoms with E-state index in [4.69, 9.17) is 4.98 Å². The number of aromatic nitrogens is 2. The molecule has 1 aromatic carbocycles. The smallest absolute Gasteiger partial charge is 0.263 e. The highest BCUT2D eigenvalue weighted by Crippen LogP contribution is 2.32. The molecule has 1 atom stereocenters. The third-order valence-electron chi connectivity index (χ3n) is 5.35. The molecule has 0 aliphatic carbocycles. The molecule has 0 aliphatic rings. The standard InChI is InChI=1S/C25H30N4O3S3/c1-3-5-11-18(13-26-20(30)14-33)27-21(31)16-35-25-28-23-22(24(32)29(25)12-4-2)19(15-34-23)17-9-7-6-8-10-17/h4,6-10,15,18,33H,2-3,5,11-14,16H2,1H3,(H,26,30)(H,27,31). The molecule has 2 amide bonds. The van der Waals surface area contributed by atoms with Crippen molar-refractivity contribution in [1.82, 2.24) is 20.2 Å². The molecule has 3 aromatic rings. The number of allylic oxidation sites excluding steroid dienone is 1. The molecule has 0 aliphatic heterocycles. The van der Waals surface area contributed by atoms with E-state index in [1.165, 1.54) is 23.1 Å². The van der Waals surface area contributed by atoms with Crippen LogP contribution in [-0.4, -0.2) is 45.5 Å². The maximum atomic E-state index is 13.4. The number of hydrogen-bond donors (Lipinski definition) is 3. The molecule has 0 saturated heterocycles. The number of hydrogen-bond acceptors (Lipinski definition) is 7. The molecule has 0 radical (unpaired) electrons. The van der Waals surface area contributed by atoms with E-state index < -0.39 is 0 Å². The van der Waals surface area contributed by atoms with Gasteiger partial charge in [-0.05, 0) is 12.0 Å². The third kappa shape index (κ3) is 7.22. The lowest BCUT2D eigenvalue weighted by molar-refractivity contribution is -0.121. The van der Waals surface area contributed by atoms with Gasteiger partial charge in [0.25, 0.3) is 5.56 Å². The SMILES string of the molecule is C=CCn1c(SCC(=O)NC(CCCC)CNC(=O)CS)nc2scc(-c3ccccc3)c2c1=O. The molecule has 2 heterocycles. The number of amides is 2. The minimum absolute atomic E-state index is 0.105. The van der Waals surface area contributed by atoms with Crippen LogP contribution in [-0.2, 0) is 16.1 Å². The highest BCUT2D eigenvalue weighted by molar-refractivity contribution is 7.99. The van der Waals surface area contributed by atoms with Gasteiger partial charge >= 0.3 is 0 Å². The fourth-order valence-electron chi connectivity index (χ4n) is 3.60. The van der Waals surface area contributed by atoms with Crippen molar-refractivity contribution in [2.45, 2.75) is 43.9 Å². The number of carbonyl (C=O) groups excluding carboxylic acids is 2. The average Bonchev–Trinajstić information content (AvgIpc) is 3.30. The first-order valence-corrected chi connectivity index (χ1v) is 14.0. The van der Waals surface area contributed by atoms with Gasteiger partial charge in [-0.25, -0.2) is 4.98 Å². The fraction of sp³-hybridized carbons (Fsp3) is 0.360. The van der Waals surface area contributed by atoms with Crippen molar-refractivity contribution >= 4 is 57.8 Å². The summed E-state index contributed by atoms with van der Waals surface area (Å²) in [4.78, 5) is 43.1. The molecular weight excluding hydrogens is 501 g/mol. The second kappa shape index (κ2) is 13.5. The number of carbonyl (C=O) groups is 2. The number of nitrogens with zero attached hydrogens (tertiary/aromatic N) is 2. The van der Waals surface area contributed by atoms with Crippen LogP contribution >= 0.6 is 35.7 Å². The number of thiol groups is 1. The molecule has 7 nitrogen and oxygen atoms in total. The summed E-state index contributed by atoms with van der Waals surface area (Å²) in [7, 11) is 0. The van der Waals surface area contributed by atoms with E-state index in [2.05, 4.69) is 36.8 Å². The van der Waals surface area contributed by atoms with Gasteiger partial charge in [0, 0.05) is 30.1 Å². The fourth-order valence-corrected chi connectivity index (χ4v) is 5.52.